The van der Waals surface area contributed by atoms with Crippen molar-refractivity contribution in [2.75, 3.05) is 0 Å². The molecule has 0 spiro atoms. The Hall–Kier alpha value is -2.25. The van der Waals surface area contributed by atoms with Crippen molar-refractivity contribution in [1.82, 2.24) is 4.57 Å². The highest BCUT2D eigenvalue weighted by Crippen LogP contribution is 2.21. The Morgan fingerprint density at radius 1 is 1.41 bits per heavy atom. The molecule has 0 aliphatic rings. The Morgan fingerprint density at radius 2 is 2.18 bits per heavy atom. The van der Waals surface area contributed by atoms with Crippen LogP contribution in [0.2, 0.25) is 5.02 Å². The van der Waals surface area contributed by atoms with Gasteiger partial charge in [-0.1, -0.05) is 11.6 Å². The normalized spacial score (nSPS) is 9.88. The Bertz CT molecular complexity index is 626. The van der Waals surface area contributed by atoms with E-state index in [1.165, 1.54) is 12.1 Å². The highest BCUT2D eigenvalue weighted by atomic mass is 35.5. The summed E-state index contributed by atoms with van der Waals surface area (Å²) in [4.78, 5) is 10.8. The molecule has 1 aromatic carbocycles. The maximum Gasteiger partial charge on any atom is 0.337 e. The SMILES string of the molecule is N#Cc1cccn1-c1ccc(C(=O)O)c(Cl)c1. The second-order valence-electron chi connectivity index (χ2n) is 3.34. The number of hydrogen-bond acceptors (Lipinski definition) is 2. The van der Waals surface area contributed by atoms with Crippen LogP contribution in [0.25, 0.3) is 5.69 Å². The number of carboxylic acid groups (broad SMARTS) is 1. The lowest BCUT2D eigenvalue weighted by Crippen LogP contribution is -2.00. The van der Waals surface area contributed by atoms with E-state index >= 15 is 0 Å². The van der Waals surface area contributed by atoms with Gasteiger partial charge in [-0.15, -0.1) is 0 Å². The molecule has 17 heavy (non-hydrogen) atoms. The zero-order valence-electron chi connectivity index (χ0n) is 8.59. The second-order valence-corrected chi connectivity index (χ2v) is 3.75. The summed E-state index contributed by atoms with van der Waals surface area (Å²) in [5, 5.41) is 17.9. The van der Waals surface area contributed by atoms with Crippen LogP contribution in [0.4, 0.5) is 0 Å². The summed E-state index contributed by atoms with van der Waals surface area (Å²) in [6, 6.07) is 9.98. The van der Waals surface area contributed by atoms with Crippen LogP contribution < -0.4 is 0 Å². The quantitative estimate of drug-likeness (QED) is 0.886. The third kappa shape index (κ3) is 2.01. The molecule has 0 radical (unpaired) electrons. The number of nitriles is 1. The fourth-order valence-electron chi connectivity index (χ4n) is 1.52. The van der Waals surface area contributed by atoms with Gasteiger partial charge in [-0.05, 0) is 30.3 Å². The summed E-state index contributed by atoms with van der Waals surface area (Å²) < 4.78 is 1.64. The predicted octanol–water partition coefficient (Wildman–Crippen LogP) is 2.70. The van der Waals surface area contributed by atoms with Gasteiger partial charge in [0.1, 0.15) is 11.8 Å². The van der Waals surface area contributed by atoms with Crippen LogP contribution in [0, 0.1) is 11.3 Å². The van der Waals surface area contributed by atoms with Gasteiger partial charge in [0, 0.05) is 11.9 Å². The van der Waals surface area contributed by atoms with Gasteiger partial charge in [-0.2, -0.15) is 5.26 Å². The molecule has 0 fully saturated rings. The van der Waals surface area contributed by atoms with Crippen LogP contribution >= 0.6 is 11.6 Å². The van der Waals surface area contributed by atoms with E-state index in [4.69, 9.17) is 22.0 Å². The van der Waals surface area contributed by atoms with Gasteiger partial charge in [0.25, 0.3) is 0 Å². The topological polar surface area (TPSA) is 66.0 Å². The van der Waals surface area contributed by atoms with Crippen LogP contribution in [0.1, 0.15) is 16.1 Å². The first kappa shape index (κ1) is 11.2. The molecule has 0 unspecified atom stereocenters. The average Bonchev–Trinajstić information content (AvgIpc) is 2.76. The lowest BCUT2D eigenvalue weighted by atomic mass is 10.2. The van der Waals surface area contributed by atoms with Crippen molar-refractivity contribution in [2.45, 2.75) is 0 Å². The molecule has 0 atom stereocenters. The van der Waals surface area contributed by atoms with Gasteiger partial charge in [-0.25, -0.2) is 4.79 Å². The molecule has 4 nitrogen and oxygen atoms in total. The lowest BCUT2D eigenvalue weighted by molar-refractivity contribution is 0.0697. The van der Waals surface area contributed by atoms with Gasteiger partial charge in [0.2, 0.25) is 0 Å². The summed E-state index contributed by atoms with van der Waals surface area (Å²) in [6.07, 6.45) is 1.71. The Morgan fingerprint density at radius 3 is 2.76 bits per heavy atom. The largest absolute Gasteiger partial charge is 0.478 e. The molecule has 84 valence electrons. The van der Waals surface area contributed by atoms with Crippen LogP contribution in [0.5, 0.6) is 0 Å². The number of nitrogens with zero attached hydrogens (tertiary/aromatic N) is 2. The molecule has 1 N–H and O–H groups in total. The second kappa shape index (κ2) is 4.32. The molecule has 1 aromatic heterocycles. The number of carboxylic acids is 1. The first-order valence-electron chi connectivity index (χ1n) is 4.74. The minimum Gasteiger partial charge on any atom is -0.478 e. The van der Waals surface area contributed by atoms with E-state index in [2.05, 4.69) is 0 Å². The third-order valence-electron chi connectivity index (χ3n) is 2.32. The molecule has 0 aliphatic heterocycles. The fourth-order valence-corrected chi connectivity index (χ4v) is 1.78. The van der Waals surface area contributed by atoms with Crippen LogP contribution in [-0.2, 0) is 0 Å². The predicted molar refractivity (Wildman–Crippen MR) is 62.5 cm³/mol. The van der Waals surface area contributed by atoms with Crippen molar-refractivity contribution in [1.29, 1.82) is 5.26 Å². The Balaban J connectivity index is 2.53. The molecular formula is C12H7ClN2O2. The van der Waals surface area contributed by atoms with Gasteiger partial charge in [-0.3, -0.25) is 0 Å². The molecular weight excluding hydrogens is 240 g/mol. The van der Waals surface area contributed by atoms with E-state index in [9.17, 15) is 4.79 Å². The summed E-state index contributed by atoms with van der Waals surface area (Å²) in [5.74, 6) is -1.07. The maximum absolute atomic E-state index is 10.8. The summed E-state index contributed by atoms with van der Waals surface area (Å²) in [5.41, 5.74) is 1.16. The minimum atomic E-state index is -1.07. The fraction of sp³-hybridized carbons (Fsp3) is 0. The zero-order chi connectivity index (χ0) is 12.4. The standard InChI is InChI=1S/C12H7ClN2O2/c13-11-6-8(3-4-10(11)12(16)17)15-5-1-2-9(15)7-14/h1-6H,(H,16,17). The van der Waals surface area contributed by atoms with Crippen molar-refractivity contribution in [3.8, 4) is 11.8 Å². The van der Waals surface area contributed by atoms with E-state index < -0.39 is 5.97 Å². The Labute approximate surface area is 102 Å². The van der Waals surface area contributed by atoms with Crippen LogP contribution in [-0.4, -0.2) is 15.6 Å². The molecule has 5 heteroatoms. The van der Waals surface area contributed by atoms with Crippen LogP contribution in [0.15, 0.2) is 36.5 Å². The zero-order valence-corrected chi connectivity index (χ0v) is 9.35. The number of benzene rings is 1. The van der Waals surface area contributed by atoms with E-state index in [0.717, 1.165) is 0 Å². The van der Waals surface area contributed by atoms with Gasteiger partial charge < -0.3 is 9.67 Å². The third-order valence-corrected chi connectivity index (χ3v) is 2.64. The van der Waals surface area contributed by atoms with E-state index in [0.29, 0.717) is 11.4 Å². The van der Waals surface area contributed by atoms with E-state index in [1.54, 1.807) is 29.0 Å². The van der Waals surface area contributed by atoms with Gasteiger partial charge >= 0.3 is 5.97 Å². The number of rotatable bonds is 2. The van der Waals surface area contributed by atoms with Crippen LogP contribution in [0.3, 0.4) is 0 Å². The first-order valence-corrected chi connectivity index (χ1v) is 5.12. The molecule has 0 amide bonds. The Kier molecular flexibility index (Phi) is 2.86. The average molecular weight is 247 g/mol. The summed E-state index contributed by atoms with van der Waals surface area (Å²) >= 11 is 5.86. The summed E-state index contributed by atoms with van der Waals surface area (Å²) in [7, 11) is 0. The lowest BCUT2D eigenvalue weighted by Gasteiger charge is -2.06. The molecule has 2 rings (SSSR count). The van der Waals surface area contributed by atoms with Crippen molar-refractivity contribution < 1.29 is 9.90 Å². The molecule has 0 saturated heterocycles. The van der Waals surface area contributed by atoms with Gasteiger partial charge in [0.15, 0.2) is 0 Å². The number of carbonyl (C=O) groups is 1. The number of aromatic carboxylic acids is 1. The molecule has 1 heterocycles. The number of aromatic nitrogens is 1. The van der Waals surface area contributed by atoms with Crippen molar-refractivity contribution >= 4 is 17.6 Å². The van der Waals surface area contributed by atoms with E-state index in [1.807, 2.05) is 6.07 Å². The minimum absolute atomic E-state index is 0.0427. The van der Waals surface area contributed by atoms with Crippen molar-refractivity contribution in [2.24, 2.45) is 0 Å². The summed E-state index contributed by atoms with van der Waals surface area (Å²) in [6.45, 7) is 0. The van der Waals surface area contributed by atoms with E-state index in [-0.39, 0.29) is 10.6 Å². The number of halogens is 1. The smallest absolute Gasteiger partial charge is 0.337 e. The number of hydrogen-bond donors (Lipinski definition) is 1. The van der Waals surface area contributed by atoms with Crippen molar-refractivity contribution in [3.63, 3.8) is 0 Å². The highest BCUT2D eigenvalue weighted by Gasteiger charge is 2.10. The van der Waals surface area contributed by atoms with Gasteiger partial charge in [0.05, 0.1) is 10.6 Å². The highest BCUT2D eigenvalue weighted by molar-refractivity contribution is 6.33. The monoisotopic (exact) mass is 246 g/mol. The van der Waals surface area contributed by atoms with Crippen molar-refractivity contribution in [3.05, 3.63) is 52.8 Å². The molecule has 0 aliphatic carbocycles. The molecule has 2 aromatic rings. The molecule has 0 saturated carbocycles. The maximum atomic E-state index is 10.8. The first-order chi connectivity index (χ1) is 8.13. The molecule has 0 bridgehead atoms.